The van der Waals surface area contributed by atoms with Crippen molar-refractivity contribution in [1.82, 2.24) is 0 Å². The molecule has 0 amide bonds. The highest BCUT2D eigenvalue weighted by Gasteiger charge is 2.15. The highest BCUT2D eigenvalue weighted by molar-refractivity contribution is 6.13. The lowest BCUT2D eigenvalue weighted by Crippen LogP contribution is -1.87. The topological polar surface area (TPSA) is 40.5 Å². The van der Waals surface area contributed by atoms with Crippen LogP contribution in [0.5, 0.6) is 11.5 Å². The summed E-state index contributed by atoms with van der Waals surface area (Å²) < 4.78 is 0. The van der Waals surface area contributed by atoms with Crippen LogP contribution in [0.3, 0.4) is 0 Å². The van der Waals surface area contributed by atoms with E-state index in [2.05, 4.69) is 6.08 Å². The fourth-order valence-corrected chi connectivity index (χ4v) is 3.01. The molecule has 0 bridgehead atoms. The quantitative estimate of drug-likeness (QED) is 0.591. The van der Waals surface area contributed by atoms with Crippen molar-refractivity contribution in [3.05, 3.63) is 53.6 Å². The predicted octanol–water partition coefficient (Wildman–Crippen LogP) is 3.97. The van der Waals surface area contributed by atoms with Gasteiger partial charge in [0.25, 0.3) is 0 Å². The number of rotatable bonds is 0. The number of phenols is 2. The standard InChI is InChI=1S/C17H12O2/c18-15-6-2-5-13-12(15)7-8-14-11-4-1-3-10(11)9-16(19)17(13)14/h1-3,5-9,18-19H,4H2. The maximum absolute atomic E-state index is 10.3. The fraction of sp³-hybridized carbons (Fsp3) is 0.0588. The lowest BCUT2D eigenvalue weighted by molar-refractivity contribution is 0.481. The molecule has 0 saturated carbocycles. The Hall–Kier alpha value is -2.48. The van der Waals surface area contributed by atoms with Gasteiger partial charge in [-0.3, -0.25) is 0 Å². The third-order valence-electron chi connectivity index (χ3n) is 3.88. The van der Waals surface area contributed by atoms with Crippen LogP contribution < -0.4 is 0 Å². The van der Waals surface area contributed by atoms with Gasteiger partial charge in [-0.2, -0.15) is 0 Å². The Bertz CT molecular complexity index is 860. The van der Waals surface area contributed by atoms with E-state index in [-0.39, 0.29) is 11.5 Å². The van der Waals surface area contributed by atoms with E-state index in [0.29, 0.717) is 0 Å². The third-order valence-corrected chi connectivity index (χ3v) is 3.88. The van der Waals surface area contributed by atoms with E-state index in [0.717, 1.165) is 33.5 Å². The Kier molecular flexibility index (Phi) is 1.93. The smallest absolute Gasteiger partial charge is 0.124 e. The summed E-state index contributed by atoms with van der Waals surface area (Å²) in [5.41, 5.74) is 2.34. The molecule has 2 nitrogen and oxygen atoms in total. The van der Waals surface area contributed by atoms with E-state index in [1.54, 1.807) is 6.07 Å². The third kappa shape index (κ3) is 1.31. The number of phenolic OH excluding ortho intramolecular Hbond substituents is 2. The average molecular weight is 248 g/mol. The maximum atomic E-state index is 10.3. The number of benzene rings is 3. The zero-order valence-electron chi connectivity index (χ0n) is 10.2. The normalized spacial score (nSPS) is 13.3. The molecule has 19 heavy (non-hydrogen) atoms. The lowest BCUT2D eigenvalue weighted by atomic mass is 9.95. The molecule has 0 spiro atoms. The van der Waals surface area contributed by atoms with Gasteiger partial charge >= 0.3 is 0 Å². The number of hydrogen-bond donors (Lipinski definition) is 2. The Labute approximate surface area is 110 Å². The number of aromatic hydroxyl groups is 2. The maximum Gasteiger partial charge on any atom is 0.124 e. The summed E-state index contributed by atoms with van der Waals surface area (Å²) in [4.78, 5) is 0. The number of allylic oxidation sites excluding steroid dienone is 1. The summed E-state index contributed by atoms with van der Waals surface area (Å²) in [5.74, 6) is 0.522. The summed E-state index contributed by atoms with van der Waals surface area (Å²) >= 11 is 0. The van der Waals surface area contributed by atoms with Crippen molar-refractivity contribution in [1.29, 1.82) is 0 Å². The van der Waals surface area contributed by atoms with Crippen LogP contribution in [0.1, 0.15) is 11.1 Å². The van der Waals surface area contributed by atoms with Gasteiger partial charge in [-0.25, -0.2) is 0 Å². The van der Waals surface area contributed by atoms with Gasteiger partial charge in [0.1, 0.15) is 11.5 Å². The van der Waals surface area contributed by atoms with E-state index >= 15 is 0 Å². The zero-order valence-corrected chi connectivity index (χ0v) is 10.2. The van der Waals surface area contributed by atoms with Crippen LogP contribution in [-0.2, 0) is 6.42 Å². The largest absolute Gasteiger partial charge is 0.507 e. The van der Waals surface area contributed by atoms with Gasteiger partial charge in [0.2, 0.25) is 0 Å². The first kappa shape index (κ1) is 10.4. The first-order valence-corrected chi connectivity index (χ1v) is 6.31. The van der Waals surface area contributed by atoms with Crippen molar-refractivity contribution in [3.8, 4) is 11.5 Å². The second-order valence-electron chi connectivity index (χ2n) is 4.93. The van der Waals surface area contributed by atoms with Crippen LogP contribution in [0.25, 0.3) is 27.6 Å². The molecule has 0 heterocycles. The van der Waals surface area contributed by atoms with Gasteiger partial charge in [-0.1, -0.05) is 36.4 Å². The van der Waals surface area contributed by atoms with E-state index in [1.807, 2.05) is 36.4 Å². The van der Waals surface area contributed by atoms with Crippen LogP contribution in [0.15, 0.2) is 42.5 Å². The minimum atomic E-state index is 0.248. The Morgan fingerprint density at radius 3 is 2.58 bits per heavy atom. The summed E-state index contributed by atoms with van der Waals surface area (Å²) in [7, 11) is 0. The lowest BCUT2D eigenvalue weighted by Gasteiger charge is -2.11. The molecule has 4 rings (SSSR count). The fourth-order valence-electron chi connectivity index (χ4n) is 3.01. The van der Waals surface area contributed by atoms with Gasteiger partial charge in [0, 0.05) is 10.8 Å². The molecule has 3 aromatic carbocycles. The molecule has 0 radical (unpaired) electrons. The molecule has 0 saturated heterocycles. The highest BCUT2D eigenvalue weighted by Crippen LogP contribution is 2.40. The second kappa shape index (κ2) is 3.51. The zero-order chi connectivity index (χ0) is 13.0. The Morgan fingerprint density at radius 1 is 0.842 bits per heavy atom. The van der Waals surface area contributed by atoms with Gasteiger partial charge in [-0.15, -0.1) is 0 Å². The molecule has 0 unspecified atom stereocenters. The second-order valence-corrected chi connectivity index (χ2v) is 4.93. The van der Waals surface area contributed by atoms with Crippen LogP contribution in [-0.4, -0.2) is 10.2 Å². The highest BCUT2D eigenvalue weighted by atomic mass is 16.3. The molecule has 1 aliphatic rings. The molecule has 2 N–H and O–H groups in total. The van der Waals surface area contributed by atoms with Crippen molar-refractivity contribution in [3.63, 3.8) is 0 Å². The molecule has 3 aromatic rings. The molecule has 2 heteroatoms. The molecule has 0 fully saturated rings. The molecule has 0 aliphatic heterocycles. The Balaban J connectivity index is 2.27. The van der Waals surface area contributed by atoms with Crippen LogP contribution in [0.2, 0.25) is 0 Å². The molecule has 92 valence electrons. The monoisotopic (exact) mass is 248 g/mol. The van der Waals surface area contributed by atoms with Crippen LogP contribution >= 0.6 is 0 Å². The van der Waals surface area contributed by atoms with Gasteiger partial charge in [0.05, 0.1) is 0 Å². The van der Waals surface area contributed by atoms with E-state index in [9.17, 15) is 10.2 Å². The summed E-state index contributed by atoms with van der Waals surface area (Å²) in [5, 5.41) is 23.8. The summed E-state index contributed by atoms with van der Waals surface area (Å²) in [6, 6.07) is 11.1. The molecular formula is C17H12O2. The summed E-state index contributed by atoms with van der Waals surface area (Å²) in [6.45, 7) is 0. The van der Waals surface area contributed by atoms with E-state index in [4.69, 9.17) is 0 Å². The Morgan fingerprint density at radius 2 is 1.68 bits per heavy atom. The molecule has 1 aliphatic carbocycles. The van der Waals surface area contributed by atoms with Crippen molar-refractivity contribution in [2.75, 3.05) is 0 Å². The van der Waals surface area contributed by atoms with Crippen LogP contribution in [0.4, 0.5) is 0 Å². The van der Waals surface area contributed by atoms with Gasteiger partial charge < -0.3 is 10.2 Å². The van der Waals surface area contributed by atoms with Crippen LogP contribution in [0, 0.1) is 0 Å². The molecule has 0 aromatic heterocycles. The van der Waals surface area contributed by atoms with Gasteiger partial charge in [0.15, 0.2) is 0 Å². The first-order chi connectivity index (χ1) is 9.25. The average Bonchev–Trinajstić information content (AvgIpc) is 2.86. The minimum absolute atomic E-state index is 0.248. The molecular weight excluding hydrogens is 236 g/mol. The number of hydrogen-bond acceptors (Lipinski definition) is 2. The van der Waals surface area contributed by atoms with Crippen molar-refractivity contribution < 1.29 is 10.2 Å². The van der Waals surface area contributed by atoms with E-state index in [1.165, 1.54) is 5.56 Å². The minimum Gasteiger partial charge on any atom is -0.507 e. The van der Waals surface area contributed by atoms with Gasteiger partial charge in [-0.05, 0) is 40.5 Å². The summed E-state index contributed by atoms with van der Waals surface area (Å²) in [6.07, 6.45) is 5.05. The molecule has 0 atom stereocenters. The van der Waals surface area contributed by atoms with Crippen molar-refractivity contribution in [2.24, 2.45) is 0 Å². The van der Waals surface area contributed by atoms with Crippen molar-refractivity contribution in [2.45, 2.75) is 6.42 Å². The van der Waals surface area contributed by atoms with E-state index < -0.39 is 0 Å². The van der Waals surface area contributed by atoms with Crippen molar-refractivity contribution >= 4 is 27.6 Å². The number of fused-ring (bicyclic) bond motifs is 5. The predicted molar refractivity (Wildman–Crippen MR) is 77.5 cm³/mol. The first-order valence-electron chi connectivity index (χ1n) is 6.31. The SMILES string of the molecule is Oc1cccc2c1ccc1c3c(cc(O)c12)C=CC3.